The van der Waals surface area contributed by atoms with Crippen LogP contribution >= 0.6 is 11.8 Å². The molecule has 0 fully saturated rings. The number of thioether (sulfide) groups is 1. The van der Waals surface area contributed by atoms with Gasteiger partial charge in [-0.15, -0.1) is 16.8 Å². The molecule has 10 nitrogen and oxygen atoms in total. The van der Waals surface area contributed by atoms with E-state index in [9.17, 15) is 14.9 Å². The van der Waals surface area contributed by atoms with Crippen molar-refractivity contribution in [3.8, 4) is 0 Å². The lowest BCUT2D eigenvalue weighted by Crippen LogP contribution is -2.27. The van der Waals surface area contributed by atoms with Gasteiger partial charge >= 0.3 is 0 Å². The van der Waals surface area contributed by atoms with E-state index in [1.165, 1.54) is 30.1 Å². The first-order valence-corrected chi connectivity index (χ1v) is 10.9. The van der Waals surface area contributed by atoms with E-state index in [0.29, 0.717) is 23.8 Å². The van der Waals surface area contributed by atoms with E-state index in [0.717, 1.165) is 11.5 Å². The Labute approximate surface area is 195 Å². The van der Waals surface area contributed by atoms with Crippen molar-refractivity contribution in [1.29, 1.82) is 0 Å². The molecule has 3 aromatic rings. The Bertz CT molecular complexity index is 1130. The number of allylic oxidation sites excluding steroid dienone is 1. The Morgan fingerprint density at radius 3 is 2.64 bits per heavy atom. The Morgan fingerprint density at radius 2 is 1.97 bits per heavy atom. The molecule has 3 rings (SSSR count). The summed E-state index contributed by atoms with van der Waals surface area (Å²) in [7, 11) is 0. The molecule has 2 N–H and O–H groups in total. The Hall–Kier alpha value is -3.99. The summed E-state index contributed by atoms with van der Waals surface area (Å²) < 4.78 is 1.90. The zero-order chi connectivity index (χ0) is 23.6. The third-order valence-electron chi connectivity index (χ3n) is 4.47. The maximum Gasteiger partial charge on any atom is 0.269 e. The number of nitrogens with zero attached hydrogens (tertiary/aromatic N) is 5. The first kappa shape index (κ1) is 23.7. The standard InChI is InChI=1S/C22H23N7O3S/c1-3-13-28-20(15-23-18-7-5-4-6-8-18)25-27-22(28)33-16(2)21(30)26-24-14-17-9-11-19(12-10-17)29(31)32/h3-12,14,16,23H,1,13,15H2,2H3,(H,26,30)/b24-14-/t16-/m1/s1. The summed E-state index contributed by atoms with van der Waals surface area (Å²) >= 11 is 1.27. The van der Waals surface area contributed by atoms with Crippen molar-refractivity contribution in [3.05, 3.63) is 88.8 Å². The van der Waals surface area contributed by atoms with Crippen molar-refractivity contribution in [1.82, 2.24) is 20.2 Å². The topological polar surface area (TPSA) is 127 Å². The molecule has 0 unspecified atom stereocenters. The first-order chi connectivity index (χ1) is 16.0. The van der Waals surface area contributed by atoms with Crippen molar-refractivity contribution >= 4 is 35.3 Å². The third-order valence-corrected chi connectivity index (χ3v) is 5.55. The minimum atomic E-state index is -0.485. The number of anilines is 1. The van der Waals surface area contributed by atoms with Crippen molar-refractivity contribution in [3.63, 3.8) is 0 Å². The zero-order valence-electron chi connectivity index (χ0n) is 17.9. The molecule has 0 spiro atoms. The monoisotopic (exact) mass is 465 g/mol. The molecule has 1 atom stereocenters. The molecule has 1 aromatic heterocycles. The highest BCUT2D eigenvalue weighted by Gasteiger charge is 2.19. The number of nitro groups is 1. The summed E-state index contributed by atoms with van der Waals surface area (Å²) in [5, 5.41) is 26.5. The largest absolute Gasteiger partial charge is 0.378 e. The molecule has 0 aliphatic carbocycles. The quantitative estimate of drug-likeness (QED) is 0.146. The maximum atomic E-state index is 12.4. The lowest BCUT2D eigenvalue weighted by Gasteiger charge is -2.12. The van der Waals surface area contributed by atoms with Crippen LogP contribution in [0.25, 0.3) is 0 Å². The van der Waals surface area contributed by atoms with E-state index in [2.05, 4.69) is 32.6 Å². The number of amides is 1. The predicted molar refractivity (Wildman–Crippen MR) is 128 cm³/mol. The minimum absolute atomic E-state index is 0.0109. The number of carbonyl (C=O) groups is 1. The number of hydrogen-bond donors (Lipinski definition) is 2. The van der Waals surface area contributed by atoms with Crippen LogP contribution in [0, 0.1) is 10.1 Å². The summed E-state index contributed by atoms with van der Waals surface area (Å²) in [5.74, 6) is 0.417. The van der Waals surface area contributed by atoms with Crippen LogP contribution in [-0.2, 0) is 17.9 Å². The molecule has 1 heterocycles. The van der Waals surface area contributed by atoms with Gasteiger partial charge in [-0.3, -0.25) is 14.9 Å². The minimum Gasteiger partial charge on any atom is -0.378 e. The van der Waals surface area contributed by atoms with Crippen LogP contribution in [0.5, 0.6) is 0 Å². The molecule has 0 aliphatic rings. The van der Waals surface area contributed by atoms with E-state index >= 15 is 0 Å². The van der Waals surface area contributed by atoms with E-state index in [1.54, 1.807) is 25.1 Å². The van der Waals surface area contributed by atoms with Gasteiger partial charge in [-0.1, -0.05) is 36.0 Å². The number of aromatic nitrogens is 3. The normalized spacial score (nSPS) is 11.8. The first-order valence-electron chi connectivity index (χ1n) is 10.0. The smallest absolute Gasteiger partial charge is 0.269 e. The summed E-state index contributed by atoms with van der Waals surface area (Å²) in [6, 6.07) is 15.6. The number of non-ortho nitro benzene ring substituents is 1. The van der Waals surface area contributed by atoms with E-state index in [1.807, 2.05) is 34.9 Å². The maximum absolute atomic E-state index is 12.4. The van der Waals surface area contributed by atoms with Crippen LogP contribution in [0.4, 0.5) is 11.4 Å². The number of rotatable bonds is 11. The number of hydrogen-bond acceptors (Lipinski definition) is 8. The predicted octanol–water partition coefficient (Wildman–Crippen LogP) is 3.62. The number of nitrogens with one attached hydrogen (secondary N) is 2. The number of nitro benzene ring substituents is 1. The number of hydrazone groups is 1. The van der Waals surface area contributed by atoms with Gasteiger partial charge in [-0.2, -0.15) is 5.10 Å². The van der Waals surface area contributed by atoms with Gasteiger partial charge < -0.3 is 9.88 Å². The van der Waals surface area contributed by atoms with E-state index < -0.39 is 10.2 Å². The van der Waals surface area contributed by atoms with E-state index in [-0.39, 0.29) is 11.6 Å². The molecule has 0 saturated carbocycles. The van der Waals surface area contributed by atoms with Crippen LogP contribution in [-0.4, -0.2) is 37.1 Å². The van der Waals surface area contributed by atoms with Gasteiger partial charge in [0.05, 0.1) is 22.9 Å². The molecule has 33 heavy (non-hydrogen) atoms. The molecule has 170 valence electrons. The average Bonchev–Trinajstić information content (AvgIpc) is 3.20. The van der Waals surface area contributed by atoms with Crippen molar-refractivity contribution in [2.75, 3.05) is 5.32 Å². The number of para-hydroxylation sites is 1. The Balaban J connectivity index is 1.58. The molecule has 11 heteroatoms. The summed E-state index contributed by atoms with van der Waals surface area (Å²) in [5.41, 5.74) is 4.07. The second-order valence-corrected chi connectivity index (χ2v) is 8.17. The van der Waals surface area contributed by atoms with Gasteiger partial charge in [0.25, 0.3) is 11.6 Å². The van der Waals surface area contributed by atoms with Gasteiger partial charge in [-0.25, -0.2) is 5.43 Å². The highest BCUT2D eigenvalue weighted by Crippen LogP contribution is 2.23. The van der Waals surface area contributed by atoms with Crippen molar-refractivity contribution in [2.24, 2.45) is 5.10 Å². The van der Waals surface area contributed by atoms with Gasteiger partial charge in [-0.05, 0) is 36.8 Å². The molecule has 0 bridgehead atoms. The molecule has 0 saturated heterocycles. The van der Waals surface area contributed by atoms with Crippen molar-refractivity contribution < 1.29 is 9.72 Å². The molecule has 1 amide bonds. The van der Waals surface area contributed by atoms with Gasteiger partial charge in [0.2, 0.25) is 0 Å². The SMILES string of the molecule is C=CCn1c(CNc2ccccc2)nnc1S[C@H](C)C(=O)N/N=C\c1ccc([N+](=O)[O-])cc1. The lowest BCUT2D eigenvalue weighted by atomic mass is 10.2. The van der Waals surface area contributed by atoms with Gasteiger partial charge in [0, 0.05) is 24.4 Å². The third kappa shape index (κ3) is 6.74. The lowest BCUT2D eigenvalue weighted by molar-refractivity contribution is -0.384. The molecule has 2 aromatic carbocycles. The Kier molecular flexibility index (Phi) is 8.30. The molecular formula is C22H23N7O3S. The second-order valence-electron chi connectivity index (χ2n) is 6.86. The highest BCUT2D eigenvalue weighted by molar-refractivity contribution is 8.00. The fourth-order valence-corrected chi connectivity index (χ4v) is 3.61. The second kappa shape index (κ2) is 11.6. The number of carbonyl (C=O) groups excluding carboxylic acids is 1. The van der Waals surface area contributed by atoms with Crippen molar-refractivity contribution in [2.45, 2.75) is 30.4 Å². The molecule has 0 radical (unpaired) electrons. The average molecular weight is 466 g/mol. The summed E-state index contributed by atoms with van der Waals surface area (Å²) in [6.07, 6.45) is 3.17. The van der Waals surface area contributed by atoms with Crippen LogP contribution in [0.1, 0.15) is 18.3 Å². The van der Waals surface area contributed by atoms with Gasteiger partial charge in [0.15, 0.2) is 11.0 Å². The Morgan fingerprint density at radius 1 is 1.24 bits per heavy atom. The fourth-order valence-electron chi connectivity index (χ4n) is 2.74. The summed E-state index contributed by atoms with van der Waals surface area (Å²) in [6.45, 7) is 6.52. The molecular weight excluding hydrogens is 442 g/mol. The summed E-state index contributed by atoms with van der Waals surface area (Å²) in [4.78, 5) is 22.7. The highest BCUT2D eigenvalue weighted by atomic mass is 32.2. The van der Waals surface area contributed by atoms with Crippen LogP contribution < -0.4 is 10.7 Å². The molecule has 0 aliphatic heterocycles. The number of benzene rings is 2. The van der Waals surface area contributed by atoms with Crippen LogP contribution in [0.3, 0.4) is 0 Å². The zero-order valence-corrected chi connectivity index (χ0v) is 18.7. The van der Waals surface area contributed by atoms with Gasteiger partial charge in [0.1, 0.15) is 0 Å². The van der Waals surface area contributed by atoms with Crippen LogP contribution in [0.15, 0.2) is 77.5 Å². The van der Waals surface area contributed by atoms with Crippen LogP contribution in [0.2, 0.25) is 0 Å². The van der Waals surface area contributed by atoms with E-state index in [4.69, 9.17) is 0 Å². The fraction of sp³-hybridized carbons (Fsp3) is 0.182.